The van der Waals surface area contributed by atoms with Crippen molar-refractivity contribution < 1.29 is 17.9 Å². The molecule has 0 radical (unpaired) electrons. The number of esters is 1. The Hall–Kier alpha value is -2.93. The van der Waals surface area contributed by atoms with E-state index < -0.39 is 9.84 Å². The molecule has 2 heterocycles. The number of carbonyl (C=O) groups excluding carboxylic acids is 1. The molecule has 150 valence electrons. The second kappa shape index (κ2) is 8.21. The Morgan fingerprint density at radius 1 is 1.07 bits per heavy atom. The molecule has 6 nitrogen and oxygen atoms in total. The molecule has 4 rings (SSSR count). The lowest BCUT2D eigenvalue weighted by Crippen LogP contribution is -2.13. The van der Waals surface area contributed by atoms with Crippen LogP contribution in [0, 0.1) is 5.92 Å². The molecule has 7 heteroatoms. The first-order valence-corrected chi connectivity index (χ1v) is 11.4. The summed E-state index contributed by atoms with van der Waals surface area (Å²) in [7, 11) is -3.00. The van der Waals surface area contributed by atoms with E-state index in [4.69, 9.17) is 9.84 Å². The highest BCUT2D eigenvalue weighted by Gasteiger charge is 2.30. The SMILES string of the molecule is O=C(C[C@@H]1CCS(=O)(=O)C1)OCc1cn(-c2ccccc2)nc1-c1ccccc1. The lowest BCUT2D eigenvalue weighted by atomic mass is 10.1. The van der Waals surface area contributed by atoms with Crippen molar-refractivity contribution in [3.05, 3.63) is 72.4 Å². The van der Waals surface area contributed by atoms with Crippen LogP contribution in [0.2, 0.25) is 0 Å². The van der Waals surface area contributed by atoms with Gasteiger partial charge in [0, 0.05) is 23.7 Å². The van der Waals surface area contributed by atoms with Gasteiger partial charge in [0.2, 0.25) is 0 Å². The molecule has 0 N–H and O–H groups in total. The number of benzene rings is 2. The maximum atomic E-state index is 12.3. The molecule has 29 heavy (non-hydrogen) atoms. The zero-order chi connectivity index (χ0) is 20.3. The van der Waals surface area contributed by atoms with Crippen molar-refractivity contribution in [2.75, 3.05) is 11.5 Å². The van der Waals surface area contributed by atoms with Gasteiger partial charge in [0.05, 0.1) is 22.9 Å². The van der Waals surface area contributed by atoms with Gasteiger partial charge in [-0.2, -0.15) is 5.10 Å². The van der Waals surface area contributed by atoms with E-state index in [0.717, 1.165) is 22.5 Å². The molecule has 1 atom stereocenters. The summed E-state index contributed by atoms with van der Waals surface area (Å²) >= 11 is 0. The Labute approximate surface area is 170 Å². The van der Waals surface area contributed by atoms with E-state index in [9.17, 15) is 13.2 Å². The predicted molar refractivity (Wildman–Crippen MR) is 110 cm³/mol. The fourth-order valence-electron chi connectivity index (χ4n) is 3.55. The van der Waals surface area contributed by atoms with Gasteiger partial charge < -0.3 is 4.74 Å². The third kappa shape index (κ3) is 4.74. The van der Waals surface area contributed by atoms with E-state index >= 15 is 0 Å². The van der Waals surface area contributed by atoms with E-state index in [0.29, 0.717) is 6.42 Å². The third-order valence-corrected chi connectivity index (χ3v) is 6.87. The van der Waals surface area contributed by atoms with Crippen LogP contribution in [0.5, 0.6) is 0 Å². The van der Waals surface area contributed by atoms with Crippen molar-refractivity contribution >= 4 is 15.8 Å². The summed E-state index contributed by atoms with van der Waals surface area (Å²) in [4.78, 5) is 12.3. The molecule has 1 aliphatic heterocycles. The van der Waals surface area contributed by atoms with E-state index in [2.05, 4.69) is 0 Å². The van der Waals surface area contributed by atoms with E-state index in [1.165, 1.54) is 0 Å². The van der Waals surface area contributed by atoms with Gasteiger partial charge in [-0.05, 0) is 24.5 Å². The molecule has 2 aromatic carbocycles. The van der Waals surface area contributed by atoms with Crippen LogP contribution in [-0.4, -0.2) is 35.7 Å². The number of para-hydroxylation sites is 1. The average Bonchev–Trinajstić information content (AvgIpc) is 3.30. The van der Waals surface area contributed by atoms with Crippen LogP contribution in [-0.2, 0) is 26.0 Å². The first kappa shape index (κ1) is 19.4. The summed E-state index contributed by atoms with van der Waals surface area (Å²) in [5.74, 6) is -0.289. The van der Waals surface area contributed by atoms with Gasteiger partial charge >= 0.3 is 5.97 Å². The number of aromatic nitrogens is 2. The Bertz CT molecular complexity index is 1090. The number of rotatable bonds is 6. The predicted octanol–water partition coefficient (Wildman–Crippen LogP) is 3.41. The molecule has 1 aliphatic rings. The van der Waals surface area contributed by atoms with Crippen LogP contribution in [0.25, 0.3) is 16.9 Å². The van der Waals surface area contributed by atoms with E-state index in [-0.39, 0.29) is 36.4 Å². The van der Waals surface area contributed by atoms with E-state index in [1.54, 1.807) is 4.68 Å². The van der Waals surface area contributed by atoms with Gasteiger partial charge in [-0.15, -0.1) is 0 Å². The van der Waals surface area contributed by atoms with Crippen LogP contribution in [0.1, 0.15) is 18.4 Å². The molecule has 1 saturated heterocycles. The topological polar surface area (TPSA) is 78.3 Å². The minimum atomic E-state index is -3.00. The first-order valence-electron chi connectivity index (χ1n) is 9.55. The second-order valence-corrected chi connectivity index (χ2v) is 9.51. The third-order valence-electron chi connectivity index (χ3n) is 5.03. The molecule has 0 bridgehead atoms. The number of nitrogens with zero attached hydrogens (tertiary/aromatic N) is 2. The molecule has 0 aliphatic carbocycles. The quantitative estimate of drug-likeness (QED) is 0.582. The fraction of sp³-hybridized carbons (Fsp3) is 0.273. The maximum Gasteiger partial charge on any atom is 0.306 e. The molecule has 0 saturated carbocycles. The van der Waals surface area contributed by atoms with Gasteiger partial charge in [0.1, 0.15) is 6.61 Å². The van der Waals surface area contributed by atoms with Crippen molar-refractivity contribution in [3.8, 4) is 16.9 Å². The summed E-state index contributed by atoms with van der Waals surface area (Å²) in [5, 5.41) is 4.70. The minimum Gasteiger partial charge on any atom is -0.461 e. The summed E-state index contributed by atoms with van der Waals surface area (Å²) in [6.45, 7) is 0.0926. The number of hydrogen-bond acceptors (Lipinski definition) is 5. The molecule has 3 aromatic rings. The Balaban J connectivity index is 1.51. The molecular weight excluding hydrogens is 388 g/mol. The summed E-state index contributed by atoms with van der Waals surface area (Å²) in [6.07, 6.45) is 2.52. The molecule has 1 fully saturated rings. The highest BCUT2D eigenvalue weighted by molar-refractivity contribution is 7.91. The molecule has 1 aromatic heterocycles. The van der Waals surface area contributed by atoms with Crippen LogP contribution >= 0.6 is 0 Å². The van der Waals surface area contributed by atoms with Crippen molar-refractivity contribution in [1.29, 1.82) is 0 Å². The zero-order valence-corrected chi connectivity index (χ0v) is 16.7. The molecular formula is C22H22N2O4S. The van der Waals surface area contributed by atoms with E-state index in [1.807, 2.05) is 66.9 Å². The van der Waals surface area contributed by atoms with Crippen molar-refractivity contribution in [2.45, 2.75) is 19.4 Å². The van der Waals surface area contributed by atoms with Gasteiger partial charge in [-0.3, -0.25) is 4.79 Å². The van der Waals surface area contributed by atoms with Gasteiger partial charge in [0.15, 0.2) is 9.84 Å². The standard InChI is InChI=1S/C22H22N2O4S/c25-21(13-17-11-12-29(26,27)16-17)28-15-19-14-24(20-9-5-2-6-10-20)23-22(19)18-7-3-1-4-8-18/h1-10,14,17H,11-13,15-16H2/t17-/m0/s1. The first-order chi connectivity index (χ1) is 14.0. The van der Waals surface area contributed by atoms with Crippen LogP contribution in [0.4, 0.5) is 0 Å². The fourth-order valence-corrected chi connectivity index (χ4v) is 5.42. The van der Waals surface area contributed by atoms with Crippen LogP contribution in [0.15, 0.2) is 66.9 Å². The van der Waals surface area contributed by atoms with Crippen molar-refractivity contribution in [3.63, 3.8) is 0 Å². The summed E-state index contributed by atoms with van der Waals surface area (Å²) < 4.78 is 30.4. The largest absolute Gasteiger partial charge is 0.461 e. The summed E-state index contributed by atoms with van der Waals surface area (Å²) in [5.41, 5.74) is 3.41. The number of carbonyl (C=O) groups is 1. The lowest BCUT2D eigenvalue weighted by molar-refractivity contribution is -0.145. The molecule has 0 spiro atoms. The van der Waals surface area contributed by atoms with Gasteiger partial charge in [-0.25, -0.2) is 13.1 Å². The smallest absolute Gasteiger partial charge is 0.306 e. The number of hydrogen-bond donors (Lipinski definition) is 0. The van der Waals surface area contributed by atoms with Crippen molar-refractivity contribution in [1.82, 2.24) is 9.78 Å². The molecule has 0 unspecified atom stereocenters. The van der Waals surface area contributed by atoms with Gasteiger partial charge in [0.25, 0.3) is 0 Å². The maximum absolute atomic E-state index is 12.3. The molecule has 0 amide bonds. The Morgan fingerprint density at radius 3 is 2.41 bits per heavy atom. The normalized spacial score (nSPS) is 17.9. The Morgan fingerprint density at radius 2 is 1.76 bits per heavy atom. The Kier molecular flexibility index (Phi) is 5.49. The lowest BCUT2D eigenvalue weighted by Gasteiger charge is -2.08. The minimum absolute atomic E-state index is 0.0727. The highest BCUT2D eigenvalue weighted by atomic mass is 32.2. The number of ether oxygens (including phenoxy) is 1. The monoisotopic (exact) mass is 410 g/mol. The number of sulfone groups is 1. The van der Waals surface area contributed by atoms with Gasteiger partial charge in [-0.1, -0.05) is 48.5 Å². The van der Waals surface area contributed by atoms with Crippen molar-refractivity contribution in [2.24, 2.45) is 5.92 Å². The zero-order valence-electron chi connectivity index (χ0n) is 15.9. The average molecular weight is 410 g/mol. The second-order valence-electron chi connectivity index (χ2n) is 7.28. The van der Waals surface area contributed by atoms with Crippen LogP contribution in [0.3, 0.4) is 0 Å². The highest BCUT2D eigenvalue weighted by Crippen LogP contribution is 2.25. The summed E-state index contributed by atoms with van der Waals surface area (Å²) in [6, 6.07) is 19.5. The van der Waals surface area contributed by atoms with Crippen LogP contribution < -0.4 is 0 Å².